The Morgan fingerprint density at radius 1 is 1.24 bits per heavy atom. The van der Waals surface area contributed by atoms with E-state index >= 15 is 0 Å². The van der Waals surface area contributed by atoms with Crippen LogP contribution in [0.2, 0.25) is 0 Å². The van der Waals surface area contributed by atoms with Crippen LogP contribution < -0.4 is 19.5 Å². The molecule has 5 nitrogen and oxygen atoms in total. The number of carbonyl (C=O) groups is 1. The first-order valence-electron chi connectivity index (χ1n) is 8.55. The molecular formula is C20H23NO4. The van der Waals surface area contributed by atoms with Gasteiger partial charge in [-0.15, -0.1) is 0 Å². The summed E-state index contributed by atoms with van der Waals surface area (Å²) in [7, 11) is 0. The van der Waals surface area contributed by atoms with Crippen molar-refractivity contribution < 1.29 is 19.0 Å². The minimum atomic E-state index is -0.180. The van der Waals surface area contributed by atoms with Crippen LogP contribution >= 0.6 is 0 Å². The number of benzene rings is 2. The largest absolute Gasteiger partial charge is 0.494 e. The maximum atomic E-state index is 12.0. The lowest BCUT2D eigenvalue weighted by molar-refractivity contribution is -0.123. The smallest absolute Gasteiger partial charge is 0.258 e. The maximum absolute atomic E-state index is 12.0. The third-order valence-corrected chi connectivity index (χ3v) is 3.97. The number of rotatable bonds is 7. The van der Waals surface area contributed by atoms with E-state index in [1.807, 2.05) is 56.3 Å². The van der Waals surface area contributed by atoms with Crippen molar-refractivity contribution in [2.24, 2.45) is 0 Å². The number of para-hydroxylation sites is 1. The summed E-state index contributed by atoms with van der Waals surface area (Å²) in [4.78, 5) is 12.0. The molecule has 0 spiro atoms. The number of carbonyl (C=O) groups excluding carboxylic acids is 1. The normalized spacial score (nSPS) is 15.2. The lowest BCUT2D eigenvalue weighted by Crippen LogP contribution is -2.28. The first-order chi connectivity index (χ1) is 12.2. The highest BCUT2D eigenvalue weighted by atomic mass is 16.5. The van der Waals surface area contributed by atoms with Crippen molar-refractivity contribution in [2.75, 3.05) is 13.2 Å². The molecular weight excluding hydrogens is 318 g/mol. The van der Waals surface area contributed by atoms with Gasteiger partial charge in [-0.25, -0.2) is 0 Å². The number of fused-ring (bicyclic) bond motifs is 1. The molecule has 25 heavy (non-hydrogen) atoms. The van der Waals surface area contributed by atoms with Gasteiger partial charge in [0.05, 0.1) is 6.61 Å². The Morgan fingerprint density at radius 3 is 2.80 bits per heavy atom. The Kier molecular flexibility index (Phi) is 5.43. The van der Waals surface area contributed by atoms with Crippen molar-refractivity contribution in [3.8, 4) is 17.2 Å². The molecule has 0 saturated heterocycles. The molecule has 1 atom stereocenters. The zero-order valence-corrected chi connectivity index (χ0v) is 14.6. The van der Waals surface area contributed by atoms with E-state index in [1.54, 1.807) is 0 Å². The molecule has 0 bridgehead atoms. The summed E-state index contributed by atoms with van der Waals surface area (Å²) >= 11 is 0. The molecule has 2 aromatic carbocycles. The quantitative estimate of drug-likeness (QED) is 0.841. The second-order valence-corrected chi connectivity index (χ2v) is 6.01. The monoisotopic (exact) mass is 341 g/mol. The molecule has 0 saturated carbocycles. The number of nitrogens with one attached hydrogen (secondary N) is 1. The standard InChI is InChI=1S/C20H23NO4/c1-3-23-18-10-15-9-14(2)25-19(15)11-16(18)12-21-20(22)13-24-17-7-5-4-6-8-17/h4-8,10-11,14H,3,9,12-13H2,1-2H3,(H,21,22)/t14-/m0/s1. The second kappa shape index (κ2) is 7.92. The molecule has 0 unspecified atom stereocenters. The van der Waals surface area contributed by atoms with Gasteiger partial charge in [0.15, 0.2) is 6.61 Å². The summed E-state index contributed by atoms with van der Waals surface area (Å²) in [5.41, 5.74) is 2.06. The predicted octanol–water partition coefficient (Wildman–Crippen LogP) is 3.10. The topological polar surface area (TPSA) is 56.8 Å². The van der Waals surface area contributed by atoms with Crippen molar-refractivity contribution in [3.05, 3.63) is 53.6 Å². The lowest BCUT2D eigenvalue weighted by Gasteiger charge is -2.13. The van der Waals surface area contributed by atoms with Crippen LogP contribution in [0.5, 0.6) is 17.2 Å². The zero-order chi connectivity index (χ0) is 17.6. The van der Waals surface area contributed by atoms with E-state index in [2.05, 4.69) is 5.32 Å². The highest BCUT2D eigenvalue weighted by Crippen LogP contribution is 2.35. The Morgan fingerprint density at radius 2 is 2.04 bits per heavy atom. The Bertz CT molecular complexity index is 730. The fourth-order valence-electron chi connectivity index (χ4n) is 2.82. The SMILES string of the molecule is CCOc1cc2c(cc1CNC(=O)COc1ccccc1)O[C@@H](C)C2. The van der Waals surface area contributed by atoms with Crippen LogP contribution in [0.15, 0.2) is 42.5 Å². The van der Waals surface area contributed by atoms with E-state index in [0.29, 0.717) is 18.9 Å². The third kappa shape index (κ3) is 4.44. The maximum Gasteiger partial charge on any atom is 0.258 e. The predicted molar refractivity (Wildman–Crippen MR) is 95.2 cm³/mol. The molecule has 1 aliphatic heterocycles. The van der Waals surface area contributed by atoms with Crippen LogP contribution in [-0.4, -0.2) is 25.2 Å². The average molecular weight is 341 g/mol. The van der Waals surface area contributed by atoms with Gasteiger partial charge < -0.3 is 19.5 Å². The van der Waals surface area contributed by atoms with E-state index in [9.17, 15) is 4.79 Å². The molecule has 1 N–H and O–H groups in total. The molecule has 0 aliphatic carbocycles. The van der Waals surface area contributed by atoms with Gasteiger partial charge in [0.2, 0.25) is 0 Å². The van der Waals surface area contributed by atoms with Crippen molar-refractivity contribution in [1.29, 1.82) is 0 Å². The van der Waals surface area contributed by atoms with Crippen LogP contribution in [-0.2, 0) is 17.8 Å². The van der Waals surface area contributed by atoms with E-state index < -0.39 is 0 Å². The van der Waals surface area contributed by atoms with Crippen molar-refractivity contribution in [1.82, 2.24) is 5.32 Å². The highest BCUT2D eigenvalue weighted by Gasteiger charge is 2.22. The summed E-state index contributed by atoms with van der Waals surface area (Å²) in [6.45, 7) is 4.92. The van der Waals surface area contributed by atoms with Crippen LogP contribution in [0, 0.1) is 0 Å². The van der Waals surface area contributed by atoms with E-state index in [-0.39, 0.29) is 18.6 Å². The van der Waals surface area contributed by atoms with E-state index in [4.69, 9.17) is 14.2 Å². The van der Waals surface area contributed by atoms with Crippen molar-refractivity contribution in [2.45, 2.75) is 32.9 Å². The highest BCUT2D eigenvalue weighted by molar-refractivity contribution is 5.77. The summed E-state index contributed by atoms with van der Waals surface area (Å²) < 4.78 is 17.0. The molecule has 0 fully saturated rings. The van der Waals surface area contributed by atoms with Crippen LogP contribution in [0.25, 0.3) is 0 Å². The first kappa shape index (κ1) is 17.1. The van der Waals surface area contributed by atoms with E-state index in [1.165, 1.54) is 0 Å². The van der Waals surface area contributed by atoms with Gasteiger partial charge in [0.1, 0.15) is 23.4 Å². The molecule has 1 amide bonds. The lowest BCUT2D eigenvalue weighted by atomic mass is 10.1. The van der Waals surface area contributed by atoms with Crippen LogP contribution in [0.1, 0.15) is 25.0 Å². The molecule has 0 aromatic heterocycles. The molecule has 3 rings (SSSR count). The Hall–Kier alpha value is -2.69. The van der Waals surface area contributed by atoms with Crippen LogP contribution in [0.4, 0.5) is 0 Å². The molecule has 1 aliphatic rings. The first-order valence-corrected chi connectivity index (χ1v) is 8.55. The summed E-state index contributed by atoms with van der Waals surface area (Å²) in [5, 5.41) is 2.87. The zero-order valence-electron chi connectivity index (χ0n) is 14.6. The second-order valence-electron chi connectivity index (χ2n) is 6.01. The number of hydrogen-bond acceptors (Lipinski definition) is 4. The fraction of sp³-hybridized carbons (Fsp3) is 0.350. The fourth-order valence-corrected chi connectivity index (χ4v) is 2.82. The van der Waals surface area contributed by atoms with Crippen molar-refractivity contribution in [3.63, 3.8) is 0 Å². The summed E-state index contributed by atoms with van der Waals surface area (Å²) in [5.74, 6) is 2.16. The molecule has 5 heteroatoms. The molecule has 2 aromatic rings. The average Bonchev–Trinajstić information content (AvgIpc) is 2.98. The molecule has 132 valence electrons. The Balaban J connectivity index is 1.60. The van der Waals surface area contributed by atoms with E-state index in [0.717, 1.165) is 29.0 Å². The number of amides is 1. The number of hydrogen-bond donors (Lipinski definition) is 1. The molecule has 1 heterocycles. The van der Waals surface area contributed by atoms with Crippen LogP contribution in [0.3, 0.4) is 0 Å². The number of ether oxygens (including phenoxy) is 3. The molecule has 0 radical (unpaired) electrons. The van der Waals surface area contributed by atoms with Gasteiger partial charge in [-0.05, 0) is 38.1 Å². The van der Waals surface area contributed by atoms with Gasteiger partial charge in [-0.2, -0.15) is 0 Å². The van der Waals surface area contributed by atoms with Gasteiger partial charge in [-0.3, -0.25) is 4.79 Å². The minimum absolute atomic E-state index is 0.0214. The van der Waals surface area contributed by atoms with Gasteiger partial charge in [0, 0.05) is 24.1 Å². The Labute approximate surface area is 147 Å². The third-order valence-electron chi connectivity index (χ3n) is 3.97. The minimum Gasteiger partial charge on any atom is -0.494 e. The summed E-state index contributed by atoms with van der Waals surface area (Å²) in [6, 6.07) is 13.3. The van der Waals surface area contributed by atoms with Gasteiger partial charge in [-0.1, -0.05) is 18.2 Å². The van der Waals surface area contributed by atoms with Gasteiger partial charge >= 0.3 is 0 Å². The summed E-state index contributed by atoms with van der Waals surface area (Å²) in [6.07, 6.45) is 1.06. The van der Waals surface area contributed by atoms with Gasteiger partial charge in [0.25, 0.3) is 5.91 Å². The van der Waals surface area contributed by atoms with Crippen molar-refractivity contribution >= 4 is 5.91 Å².